The predicted molar refractivity (Wildman–Crippen MR) is 110 cm³/mol. The molecule has 0 saturated heterocycles. The van der Waals surface area contributed by atoms with Crippen LogP contribution in [0.5, 0.6) is 0 Å². The van der Waals surface area contributed by atoms with Gasteiger partial charge < -0.3 is 0 Å². The van der Waals surface area contributed by atoms with Crippen molar-refractivity contribution in [3.63, 3.8) is 0 Å². The summed E-state index contributed by atoms with van der Waals surface area (Å²) in [6, 6.07) is 15.0. The molecule has 3 aromatic rings. The lowest BCUT2D eigenvalue weighted by molar-refractivity contribution is -0.111. The van der Waals surface area contributed by atoms with Crippen molar-refractivity contribution in [2.75, 3.05) is 5.32 Å². The van der Waals surface area contributed by atoms with Gasteiger partial charge in [0.2, 0.25) is 11.0 Å². The van der Waals surface area contributed by atoms with Crippen molar-refractivity contribution >= 4 is 63.4 Å². The molecule has 1 aromatic heterocycles. The molecule has 1 N–H and O–H groups in total. The number of nitrogens with one attached hydrogen (secondary N) is 1. The first-order chi connectivity index (χ1) is 12.6. The number of rotatable bonds is 6. The lowest BCUT2D eigenvalue weighted by Crippen LogP contribution is -2.07. The molecule has 0 fully saturated rings. The number of hydrogen-bond donors (Lipinski definition) is 1. The van der Waals surface area contributed by atoms with Gasteiger partial charge >= 0.3 is 0 Å². The highest BCUT2D eigenvalue weighted by Gasteiger charge is 2.09. The van der Waals surface area contributed by atoms with Crippen molar-refractivity contribution in [1.29, 1.82) is 0 Å². The molecular weight excluding hydrogens is 409 g/mol. The molecule has 0 aliphatic heterocycles. The molecule has 132 valence electrons. The maximum Gasteiger partial charge on any atom is 0.250 e. The van der Waals surface area contributed by atoms with E-state index in [-0.39, 0.29) is 5.91 Å². The number of amides is 1. The standard InChI is InChI=1S/C18H13Cl2N3OS2/c19-14-8-7-13(15(20)10-14)11-25-18-23-22-17(26-18)21-16(24)9-6-12-4-2-1-3-5-12/h1-10H,11H2,(H,21,22,24)/b9-6+. The van der Waals surface area contributed by atoms with Gasteiger partial charge in [-0.05, 0) is 29.3 Å². The Balaban J connectivity index is 1.54. The van der Waals surface area contributed by atoms with E-state index in [1.54, 1.807) is 18.2 Å². The highest BCUT2D eigenvalue weighted by molar-refractivity contribution is 8.00. The van der Waals surface area contributed by atoms with E-state index >= 15 is 0 Å². The third-order valence-electron chi connectivity index (χ3n) is 3.23. The molecule has 0 radical (unpaired) electrons. The Kier molecular flexibility index (Phi) is 6.68. The van der Waals surface area contributed by atoms with Crippen LogP contribution in [0.4, 0.5) is 5.13 Å². The SMILES string of the molecule is O=C(/C=C/c1ccccc1)Nc1nnc(SCc2ccc(Cl)cc2Cl)s1. The van der Waals surface area contributed by atoms with Gasteiger partial charge in [0.25, 0.3) is 0 Å². The second kappa shape index (κ2) is 9.19. The fourth-order valence-corrected chi connectivity index (χ4v) is 4.29. The summed E-state index contributed by atoms with van der Waals surface area (Å²) in [6.07, 6.45) is 3.21. The van der Waals surface area contributed by atoms with Crippen LogP contribution in [0.25, 0.3) is 6.08 Å². The molecule has 4 nitrogen and oxygen atoms in total. The largest absolute Gasteiger partial charge is 0.297 e. The quantitative estimate of drug-likeness (QED) is 0.310. The predicted octanol–water partition coefficient (Wildman–Crippen LogP) is 5.79. The van der Waals surface area contributed by atoms with Crippen LogP contribution in [0.3, 0.4) is 0 Å². The molecule has 2 aromatic carbocycles. The number of anilines is 1. The van der Waals surface area contributed by atoms with Gasteiger partial charge in [0.1, 0.15) is 0 Å². The summed E-state index contributed by atoms with van der Waals surface area (Å²) in [7, 11) is 0. The molecule has 0 unspecified atom stereocenters. The van der Waals surface area contributed by atoms with E-state index in [0.717, 1.165) is 15.5 Å². The third-order valence-corrected chi connectivity index (χ3v) is 5.84. The fourth-order valence-electron chi connectivity index (χ4n) is 1.98. The number of nitrogens with zero attached hydrogens (tertiary/aromatic N) is 2. The van der Waals surface area contributed by atoms with E-state index in [1.807, 2.05) is 36.4 Å². The highest BCUT2D eigenvalue weighted by Crippen LogP contribution is 2.31. The molecule has 0 aliphatic carbocycles. The Hall–Kier alpha value is -1.86. The summed E-state index contributed by atoms with van der Waals surface area (Å²) >= 11 is 14.9. The Bertz CT molecular complexity index is 929. The molecule has 8 heteroatoms. The monoisotopic (exact) mass is 421 g/mol. The summed E-state index contributed by atoms with van der Waals surface area (Å²) < 4.78 is 0.748. The average Bonchev–Trinajstić information content (AvgIpc) is 3.07. The van der Waals surface area contributed by atoms with Crippen LogP contribution >= 0.6 is 46.3 Å². The molecule has 3 rings (SSSR count). The van der Waals surface area contributed by atoms with Gasteiger partial charge in [-0.25, -0.2) is 0 Å². The molecule has 0 spiro atoms. The van der Waals surface area contributed by atoms with Gasteiger partial charge in [-0.2, -0.15) is 0 Å². The van der Waals surface area contributed by atoms with Gasteiger partial charge in [0.15, 0.2) is 4.34 Å². The zero-order valence-corrected chi connectivity index (χ0v) is 16.5. The smallest absolute Gasteiger partial charge is 0.250 e. The van der Waals surface area contributed by atoms with E-state index in [0.29, 0.717) is 20.9 Å². The van der Waals surface area contributed by atoms with E-state index in [4.69, 9.17) is 23.2 Å². The molecular formula is C18H13Cl2N3OS2. The van der Waals surface area contributed by atoms with Crippen molar-refractivity contribution < 1.29 is 4.79 Å². The molecule has 1 amide bonds. The Labute approximate surface area is 169 Å². The number of carbonyl (C=O) groups is 1. The van der Waals surface area contributed by atoms with Crippen molar-refractivity contribution in [3.05, 3.63) is 75.8 Å². The summed E-state index contributed by atoms with van der Waals surface area (Å²) in [6.45, 7) is 0. The van der Waals surface area contributed by atoms with Crippen molar-refractivity contribution in [2.24, 2.45) is 0 Å². The number of carbonyl (C=O) groups excluding carboxylic acids is 1. The second-order valence-corrected chi connectivity index (χ2v) is 8.17. The van der Waals surface area contributed by atoms with E-state index in [2.05, 4.69) is 15.5 Å². The molecule has 0 aliphatic rings. The lowest BCUT2D eigenvalue weighted by atomic mass is 10.2. The summed E-state index contributed by atoms with van der Waals surface area (Å²) in [5.74, 6) is 0.397. The van der Waals surface area contributed by atoms with E-state index in [9.17, 15) is 4.79 Å². The van der Waals surface area contributed by atoms with Gasteiger partial charge in [-0.3, -0.25) is 10.1 Å². The Morgan fingerprint density at radius 2 is 1.96 bits per heavy atom. The first-order valence-electron chi connectivity index (χ1n) is 7.54. The Morgan fingerprint density at radius 1 is 1.15 bits per heavy atom. The number of hydrogen-bond acceptors (Lipinski definition) is 5. The normalized spacial score (nSPS) is 11.0. The minimum Gasteiger partial charge on any atom is -0.297 e. The summed E-state index contributed by atoms with van der Waals surface area (Å²) in [4.78, 5) is 12.0. The molecule has 0 atom stereocenters. The maximum atomic E-state index is 12.0. The first-order valence-corrected chi connectivity index (χ1v) is 10.1. The number of benzene rings is 2. The third kappa shape index (κ3) is 5.57. The highest BCUT2D eigenvalue weighted by atomic mass is 35.5. The lowest BCUT2D eigenvalue weighted by Gasteiger charge is -2.02. The Morgan fingerprint density at radius 3 is 2.73 bits per heavy atom. The number of halogens is 2. The minimum absolute atomic E-state index is 0.248. The van der Waals surface area contributed by atoms with E-state index < -0.39 is 0 Å². The average molecular weight is 422 g/mol. The van der Waals surface area contributed by atoms with Crippen LogP contribution in [0.1, 0.15) is 11.1 Å². The maximum absolute atomic E-state index is 12.0. The van der Waals surface area contributed by atoms with Crippen LogP contribution in [0.2, 0.25) is 10.0 Å². The number of aromatic nitrogens is 2. The van der Waals surface area contributed by atoms with E-state index in [1.165, 1.54) is 29.2 Å². The van der Waals surface area contributed by atoms with Crippen molar-refractivity contribution in [3.8, 4) is 0 Å². The summed E-state index contributed by atoms with van der Waals surface area (Å²) in [5.41, 5.74) is 1.92. The van der Waals surface area contributed by atoms with Crippen LogP contribution in [0, 0.1) is 0 Å². The van der Waals surface area contributed by atoms with Gasteiger partial charge in [0.05, 0.1) is 0 Å². The van der Waals surface area contributed by atoms with Crippen LogP contribution in [-0.4, -0.2) is 16.1 Å². The minimum atomic E-state index is -0.248. The van der Waals surface area contributed by atoms with Gasteiger partial charge in [-0.15, -0.1) is 10.2 Å². The first kappa shape index (κ1) is 18.9. The molecule has 0 bridgehead atoms. The van der Waals surface area contributed by atoms with Crippen LogP contribution < -0.4 is 5.32 Å². The van der Waals surface area contributed by atoms with Crippen LogP contribution in [0.15, 0.2) is 58.9 Å². The summed E-state index contributed by atoms with van der Waals surface area (Å²) in [5, 5.41) is 12.5. The topological polar surface area (TPSA) is 54.9 Å². The van der Waals surface area contributed by atoms with Gasteiger partial charge in [0, 0.05) is 21.9 Å². The fraction of sp³-hybridized carbons (Fsp3) is 0.0556. The van der Waals surface area contributed by atoms with Crippen molar-refractivity contribution in [1.82, 2.24) is 10.2 Å². The molecule has 0 saturated carbocycles. The van der Waals surface area contributed by atoms with Gasteiger partial charge in [-0.1, -0.05) is 82.7 Å². The second-order valence-electron chi connectivity index (χ2n) is 5.13. The zero-order chi connectivity index (χ0) is 18.4. The van der Waals surface area contributed by atoms with Crippen molar-refractivity contribution in [2.45, 2.75) is 10.1 Å². The molecule has 26 heavy (non-hydrogen) atoms. The molecule has 1 heterocycles. The van der Waals surface area contributed by atoms with Crippen LogP contribution in [-0.2, 0) is 10.5 Å². The zero-order valence-electron chi connectivity index (χ0n) is 13.4. The number of thioether (sulfide) groups is 1.